The van der Waals surface area contributed by atoms with Crippen LogP contribution < -0.4 is 33.2 Å². The molecule has 0 aliphatic heterocycles. The number of hydrogen-bond donors (Lipinski definition) is 0. The third-order valence-corrected chi connectivity index (χ3v) is 7.43. The summed E-state index contributed by atoms with van der Waals surface area (Å²) in [5.74, 6) is 3.62. The molecule has 210 valence electrons. The highest BCUT2D eigenvalue weighted by Crippen LogP contribution is 2.51. The molecule has 1 unspecified atom stereocenters. The van der Waals surface area contributed by atoms with Gasteiger partial charge in [-0.1, -0.05) is 23.4 Å². The van der Waals surface area contributed by atoms with E-state index in [1.807, 2.05) is 32.0 Å². The molecule has 0 saturated heterocycles. The second-order valence-electron chi connectivity index (χ2n) is 8.75. The normalized spacial score (nSPS) is 11.4. The van der Waals surface area contributed by atoms with Crippen LogP contribution in [0.4, 0.5) is 0 Å². The molecular formula is C30H36O8S. The van der Waals surface area contributed by atoms with E-state index in [0.29, 0.717) is 57.6 Å². The lowest BCUT2D eigenvalue weighted by molar-refractivity contribution is 0.108. The maximum atomic E-state index is 13.7. The van der Waals surface area contributed by atoms with E-state index in [4.69, 9.17) is 33.2 Å². The fourth-order valence-corrected chi connectivity index (χ4v) is 5.40. The van der Waals surface area contributed by atoms with Gasteiger partial charge in [0.15, 0.2) is 11.5 Å². The van der Waals surface area contributed by atoms with E-state index in [-0.39, 0.29) is 10.4 Å². The van der Waals surface area contributed by atoms with Crippen molar-refractivity contribution < 1.29 is 38.0 Å². The second kappa shape index (κ2) is 13.4. The van der Waals surface area contributed by atoms with E-state index >= 15 is 0 Å². The summed E-state index contributed by atoms with van der Waals surface area (Å²) in [6.45, 7) is 4.05. The molecule has 8 nitrogen and oxygen atoms in total. The molecule has 0 heterocycles. The lowest BCUT2D eigenvalue weighted by atomic mass is 9.98. The zero-order valence-electron chi connectivity index (χ0n) is 23.9. The molecule has 3 aromatic rings. The number of ether oxygens (including phenoxy) is 7. The molecule has 0 aromatic heterocycles. The minimum Gasteiger partial charge on any atom is -0.496 e. The Morgan fingerprint density at radius 1 is 0.692 bits per heavy atom. The van der Waals surface area contributed by atoms with Crippen LogP contribution in [0.3, 0.4) is 0 Å². The second-order valence-corrected chi connectivity index (χ2v) is 9.92. The van der Waals surface area contributed by atoms with Crippen molar-refractivity contribution in [1.82, 2.24) is 0 Å². The Bertz CT molecular complexity index is 1340. The number of allylic oxidation sites excluding steroid dienone is 2. The summed E-state index contributed by atoms with van der Waals surface area (Å²) in [6, 6.07) is 8.86. The molecule has 0 radical (unpaired) electrons. The summed E-state index contributed by atoms with van der Waals surface area (Å²) >= 11 is 1.18. The van der Waals surface area contributed by atoms with Gasteiger partial charge in [-0.05, 0) is 50.6 Å². The number of benzene rings is 3. The fraction of sp³-hybridized carbons (Fsp3) is 0.367. The van der Waals surface area contributed by atoms with Crippen LogP contribution in [0.1, 0.15) is 41.4 Å². The molecule has 0 bridgehead atoms. The van der Waals surface area contributed by atoms with Gasteiger partial charge in [0.2, 0.25) is 10.9 Å². The molecule has 0 aliphatic rings. The highest BCUT2D eigenvalue weighted by molar-refractivity contribution is 8.14. The van der Waals surface area contributed by atoms with Crippen molar-refractivity contribution in [2.75, 3.05) is 49.8 Å². The van der Waals surface area contributed by atoms with Gasteiger partial charge in [0.25, 0.3) is 0 Å². The molecule has 1 atom stereocenters. The van der Waals surface area contributed by atoms with Crippen LogP contribution in [0.15, 0.2) is 42.0 Å². The van der Waals surface area contributed by atoms with Crippen LogP contribution >= 0.6 is 11.8 Å². The van der Waals surface area contributed by atoms with Crippen LogP contribution in [-0.2, 0) is 0 Å². The number of thioether (sulfide) groups is 1. The monoisotopic (exact) mass is 556 g/mol. The SMILES string of the molecule is COc1cc(C(=O)SC(CC=C(C)C)c2cc(OC)c3c(OC)ccc(OC)c3c2OC)cc(OC)c1OC. The Hall–Kier alpha value is -3.72. The summed E-state index contributed by atoms with van der Waals surface area (Å²) in [4.78, 5) is 13.7. The lowest BCUT2D eigenvalue weighted by Crippen LogP contribution is -2.06. The zero-order valence-corrected chi connectivity index (χ0v) is 24.7. The summed E-state index contributed by atoms with van der Waals surface area (Å²) in [5.41, 5.74) is 2.34. The van der Waals surface area contributed by atoms with Crippen molar-refractivity contribution in [2.45, 2.75) is 25.5 Å². The van der Waals surface area contributed by atoms with Crippen LogP contribution in [0, 0.1) is 0 Å². The number of methoxy groups -OCH3 is 7. The Kier molecular flexibility index (Phi) is 10.2. The van der Waals surface area contributed by atoms with Crippen molar-refractivity contribution >= 4 is 27.6 Å². The molecule has 9 heteroatoms. The van der Waals surface area contributed by atoms with Crippen molar-refractivity contribution in [2.24, 2.45) is 0 Å². The summed E-state index contributed by atoms with van der Waals surface area (Å²) < 4.78 is 39.5. The van der Waals surface area contributed by atoms with Crippen molar-refractivity contribution in [1.29, 1.82) is 0 Å². The molecular weight excluding hydrogens is 520 g/mol. The number of carbonyl (C=O) groups excluding carboxylic acids is 1. The average molecular weight is 557 g/mol. The first-order chi connectivity index (χ1) is 18.8. The van der Waals surface area contributed by atoms with Gasteiger partial charge in [0.05, 0.1) is 60.5 Å². The Morgan fingerprint density at radius 3 is 1.67 bits per heavy atom. The number of rotatable bonds is 12. The van der Waals surface area contributed by atoms with Gasteiger partial charge >= 0.3 is 0 Å². The standard InChI is InChI=1S/C30H36O8S/c1-17(2)10-13-25(39-30(31)18-14-23(35-6)29(38-9)24(15-18)36-7)19-16-22(34-5)26-20(32-3)11-12-21(33-4)27(26)28(19)37-8/h10-12,14-16,25H,13H2,1-9H3. The Morgan fingerprint density at radius 2 is 1.21 bits per heavy atom. The van der Waals surface area contributed by atoms with E-state index in [0.717, 1.165) is 16.5 Å². The number of fused-ring (bicyclic) bond motifs is 1. The van der Waals surface area contributed by atoms with Crippen LogP contribution in [0.2, 0.25) is 0 Å². The van der Waals surface area contributed by atoms with Gasteiger partial charge < -0.3 is 33.2 Å². The van der Waals surface area contributed by atoms with Crippen LogP contribution in [0.5, 0.6) is 40.2 Å². The minimum atomic E-state index is -0.323. The first kappa shape index (κ1) is 29.8. The molecule has 0 spiro atoms. The summed E-state index contributed by atoms with van der Waals surface area (Å²) in [6.07, 6.45) is 2.67. The van der Waals surface area contributed by atoms with Gasteiger partial charge in [0, 0.05) is 16.4 Å². The van der Waals surface area contributed by atoms with E-state index in [9.17, 15) is 4.79 Å². The van der Waals surface area contributed by atoms with E-state index in [2.05, 4.69) is 6.08 Å². The maximum Gasteiger partial charge on any atom is 0.220 e. The molecule has 3 rings (SSSR count). The van der Waals surface area contributed by atoms with Gasteiger partial charge in [-0.25, -0.2) is 0 Å². The van der Waals surface area contributed by atoms with E-state index in [1.54, 1.807) is 40.6 Å². The molecule has 0 fully saturated rings. The fourth-order valence-electron chi connectivity index (χ4n) is 4.40. The largest absolute Gasteiger partial charge is 0.496 e. The molecule has 39 heavy (non-hydrogen) atoms. The summed E-state index contributed by atoms with van der Waals surface area (Å²) in [7, 11) is 11.0. The molecule has 0 aliphatic carbocycles. The zero-order chi connectivity index (χ0) is 28.7. The van der Waals surface area contributed by atoms with Crippen molar-refractivity contribution in [3.63, 3.8) is 0 Å². The average Bonchev–Trinajstić information content (AvgIpc) is 2.96. The van der Waals surface area contributed by atoms with Crippen LogP contribution in [-0.4, -0.2) is 54.9 Å². The first-order valence-electron chi connectivity index (χ1n) is 12.2. The van der Waals surface area contributed by atoms with Gasteiger partial charge in [-0.3, -0.25) is 4.79 Å². The molecule has 0 amide bonds. The van der Waals surface area contributed by atoms with E-state index in [1.165, 1.54) is 33.1 Å². The molecule has 0 saturated carbocycles. The maximum absolute atomic E-state index is 13.7. The third kappa shape index (κ3) is 6.14. The first-order valence-corrected chi connectivity index (χ1v) is 13.1. The highest BCUT2D eigenvalue weighted by Gasteiger charge is 2.28. The molecule has 0 N–H and O–H groups in total. The van der Waals surface area contributed by atoms with Gasteiger partial charge in [-0.2, -0.15) is 0 Å². The minimum absolute atomic E-state index is 0.167. The Labute approximate surface area is 234 Å². The predicted octanol–water partition coefficient (Wildman–Crippen LogP) is 6.87. The predicted molar refractivity (Wildman–Crippen MR) is 155 cm³/mol. The highest BCUT2D eigenvalue weighted by atomic mass is 32.2. The lowest BCUT2D eigenvalue weighted by Gasteiger charge is -2.23. The molecule has 3 aromatic carbocycles. The van der Waals surface area contributed by atoms with E-state index < -0.39 is 0 Å². The van der Waals surface area contributed by atoms with Crippen LogP contribution in [0.25, 0.3) is 10.8 Å². The Balaban J connectivity index is 2.23. The van der Waals surface area contributed by atoms with Crippen molar-refractivity contribution in [3.8, 4) is 40.2 Å². The van der Waals surface area contributed by atoms with Gasteiger partial charge in [0.1, 0.15) is 23.0 Å². The topological polar surface area (TPSA) is 81.7 Å². The number of carbonyl (C=O) groups is 1. The van der Waals surface area contributed by atoms with Gasteiger partial charge in [-0.15, -0.1) is 0 Å². The third-order valence-electron chi connectivity index (χ3n) is 6.25. The smallest absolute Gasteiger partial charge is 0.220 e. The quantitative estimate of drug-likeness (QED) is 0.222. The van der Waals surface area contributed by atoms with Crippen molar-refractivity contribution in [3.05, 3.63) is 53.1 Å². The number of hydrogen-bond acceptors (Lipinski definition) is 9. The summed E-state index contributed by atoms with van der Waals surface area (Å²) in [5, 5.41) is 0.939.